The van der Waals surface area contributed by atoms with E-state index in [1.807, 2.05) is 33.1 Å². The minimum Gasteiger partial charge on any atom is -0.390 e. The molecule has 2 unspecified atom stereocenters. The fourth-order valence-corrected chi connectivity index (χ4v) is 2.31. The van der Waals surface area contributed by atoms with Gasteiger partial charge in [0.05, 0.1) is 22.4 Å². The third kappa shape index (κ3) is 3.27. The van der Waals surface area contributed by atoms with E-state index in [0.29, 0.717) is 13.0 Å². The summed E-state index contributed by atoms with van der Waals surface area (Å²) in [5, 5.41) is 13.2. The van der Waals surface area contributed by atoms with Crippen LogP contribution < -0.4 is 0 Å². The Balaban J connectivity index is 2.65. The van der Waals surface area contributed by atoms with Crippen LogP contribution in [-0.4, -0.2) is 28.4 Å². The normalized spacial score (nSPS) is 17.1. The zero-order chi connectivity index (χ0) is 12.2. The van der Waals surface area contributed by atoms with Crippen molar-refractivity contribution in [2.75, 3.05) is 6.61 Å². The van der Waals surface area contributed by atoms with Crippen LogP contribution in [0.5, 0.6) is 0 Å². The van der Waals surface area contributed by atoms with Crippen LogP contribution >= 0.6 is 11.3 Å². The lowest BCUT2D eigenvalue weighted by molar-refractivity contribution is -0.110. The van der Waals surface area contributed by atoms with Crippen LogP contribution in [0, 0.1) is 6.92 Å². The molecule has 1 heterocycles. The molecule has 0 saturated heterocycles. The Labute approximate surface area is 101 Å². The van der Waals surface area contributed by atoms with Crippen LogP contribution in [0.2, 0.25) is 0 Å². The molecule has 0 aliphatic heterocycles. The van der Waals surface area contributed by atoms with Gasteiger partial charge in [0, 0.05) is 18.4 Å². The first kappa shape index (κ1) is 13.6. The van der Waals surface area contributed by atoms with E-state index in [1.165, 1.54) is 0 Å². The van der Waals surface area contributed by atoms with Gasteiger partial charge < -0.3 is 9.84 Å². The molecule has 0 aromatic carbocycles. The van der Waals surface area contributed by atoms with Gasteiger partial charge in [-0.1, -0.05) is 6.92 Å². The van der Waals surface area contributed by atoms with Crippen LogP contribution in [0.15, 0.2) is 5.38 Å². The molecule has 0 fully saturated rings. The number of hydrogen-bond acceptors (Lipinski definition) is 4. The van der Waals surface area contributed by atoms with Gasteiger partial charge in [-0.15, -0.1) is 11.3 Å². The van der Waals surface area contributed by atoms with Gasteiger partial charge >= 0.3 is 0 Å². The summed E-state index contributed by atoms with van der Waals surface area (Å²) < 4.78 is 5.65. The lowest BCUT2D eigenvalue weighted by Gasteiger charge is -2.33. The summed E-state index contributed by atoms with van der Waals surface area (Å²) in [6.45, 7) is 8.54. The van der Waals surface area contributed by atoms with Crippen molar-refractivity contribution in [2.45, 2.75) is 52.2 Å². The van der Waals surface area contributed by atoms with Gasteiger partial charge in [0.25, 0.3) is 0 Å². The van der Waals surface area contributed by atoms with Gasteiger partial charge in [-0.3, -0.25) is 0 Å². The molecule has 1 N–H and O–H groups in total. The van der Waals surface area contributed by atoms with E-state index >= 15 is 0 Å². The molecule has 0 saturated carbocycles. The lowest BCUT2D eigenvalue weighted by Crippen LogP contribution is -2.43. The van der Waals surface area contributed by atoms with Gasteiger partial charge in [-0.25, -0.2) is 4.98 Å². The molecule has 16 heavy (non-hydrogen) atoms. The summed E-state index contributed by atoms with van der Waals surface area (Å²) in [7, 11) is 0. The van der Waals surface area contributed by atoms with E-state index < -0.39 is 11.7 Å². The molecular weight excluding hydrogens is 222 g/mol. The molecule has 1 aromatic heterocycles. The van der Waals surface area contributed by atoms with Crippen molar-refractivity contribution >= 4 is 11.3 Å². The number of ether oxygens (including phenoxy) is 1. The van der Waals surface area contributed by atoms with Crippen molar-refractivity contribution in [1.82, 2.24) is 4.98 Å². The molecular formula is C12H21NO2S. The Morgan fingerprint density at radius 3 is 2.69 bits per heavy atom. The highest BCUT2D eigenvalue weighted by molar-refractivity contribution is 7.09. The maximum Gasteiger partial charge on any atom is 0.0913 e. The Morgan fingerprint density at radius 2 is 2.25 bits per heavy atom. The number of thiazole rings is 1. The van der Waals surface area contributed by atoms with E-state index in [1.54, 1.807) is 11.3 Å². The number of aliphatic hydroxyl groups is 1. The number of aryl methyl sites for hydroxylation is 1. The highest BCUT2D eigenvalue weighted by Gasteiger charge is 2.32. The molecule has 1 rings (SSSR count). The fourth-order valence-electron chi connectivity index (χ4n) is 1.68. The number of rotatable bonds is 6. The van der Waals surface area contributed by atoms with Gasteiger partial charge in [-0.2, -0.15) is 0 Å². The molecule has 0 radical (unpaired) electrons. The van der Waals surface area contributed by atoms with Gasteiger partial charge in [0.1, 0.15) is 0 Å². The first-order valence-corrected chi connectivity index (χ1v) is 6.62. The predicted octanol–water partition coefficient (Wildman–Crippen LogP) is 2.56. The topological polar surface area (TPSA) is 42.4 Å². The summed E-state index contributed by atoms with van der Waals surface area (Å²) >= 11 is 1.61. The lowest BCUT2D eigenvalue weighted by atomic mass is 9.92. The summed E-state index contributed by atoms with van der Waals surface area (Å²) in [6.07, 6.45) is 0.860. The van der Waals surface area contributed by atoms with Crippen LogP contribution in [0.25, 0.3) is 0 Å². The van der Waals surface area contributed by atoms with Gasteiger partial charge in [0.2, 0.25) is 0 Å². The molecule has 4 heteroatoms. The standard InChI is InChI=1S/C12H21NO2S/c1-5-12(4,15-6-2)11(14)7-10-8-16-9(3)13-10/h8,11,14H,5-7H2,1-4H3. The first-order valence-electron chi connectivity index (χ1n) is 5.74. The zero-order valence-corrected chi connectivity index (χ0v) is 11.3. The molecule has 0 aliphatic rings. The summed E-state index contributed by atoms with van der Waals surface area (Å²) in [5.74, 6) is 0. The van der Waals surface area contributed by atoms with E-state index in [0.717, 1.165) is 17.1 Å². The number of nitrogens with zero attached hydrogens (tertiary/aromatic N) is 1. The molecule has 0 amide bonds. The van der Waals surface area contributed by atoms with E-state index in [4.69, 9.17) is 4.74 Å². The summed E-state index contributed by atoms with van der Waals surface area (Å²) in [5.41, 5.74) is 0.487. The number of aliphatic hydroxyl groups excluding tert-OH is 1. The third-order valence-corrected chi connectivity index (χ3v) is 3.77. The summed E-state index contributed by atoms with van der Waals surface area (Å²) in [4.78, 5) is 4.36. The fraction of sp³-hybridized carbons (Fsp3) is 0.750. The highest BCUT2D eigenvalue weighted by Crippen LogP contribution is 2.23. The Bertz CT molecular complexity index is 327. The van der Waals surface area contributed by atoms with Gasteiger partial charge in [0.15, 0.2) is 0 Å². The summed E-state index contributed by atoms with van der Waals surface area (Å²) in [6, 6.07) is 0. The van der Waals surface area contributed by atoms with E-state index in [2.05, 4.69) is 4.98 Å². The third-order valence-electron chi connectivity index (χ3n) is 2.95. The molecule has 92 valence electrons. The van der Waals surface area contributed by atoms with Crippen molar-refractivity contribution < 1.29 is 9.84 Å². The number of aromatic nitrogens is 1. The Kier molecular flexibility index (Phi) is 4.89. The average Bonchev–Trinajstić information content (AvgIpc) is 2.64. The first-order chi connectivity index (χ1) is 7.51. The van der Waals surface area contributed by atoms with Crippen LogP contribution in [-0.2, 0) is 11.2 Å². The maximum absolute atomic E-state index is 10.2. The Hall–Kier alpha value is -0.450. The van der Waals surface area contributed by atoms with Crippen molar-refractivity contribution in [2.24, 2.45) is 0 Å². The van der Waals surface area contributed by atoms with E-state index in [9.17, 15) is 5.11 Å². The molecule has 0 spiro atoms. The average molecular weight is 243 g/mol. The quantitative estimate of drug-likeness (QED) is 0.835. The van der Waals surface area contributed by atoms with Crippen molar-refractivity contribution in [1.29, 1.82) is 0 Å². The smallest absolute Gasteiger partial charge is 0.0913 e. The van der Waals surface area contributed by atoms with Crippen LogP contribution in [0.4, 0.5) is 0 Å². The SMILES string of the molecule is CCOC(C)(CC)C(O)Cc1csc(C)n1. The molecule has 0 aliphatic carbocycles. The minimum absolute atomic E-state index is 0.466. The maximum atomic E-state index is 10.2. The highest BCUT2D eigenvalue weighted by atomic mass is 32.1. The second-order valence-corrected chi connectivity index (χ2v) is 5.24. The minimum atomic E-state index is -0.501. The molecule has 2 atom stereocenters. The van der Waals surface area contributed by atoms with Crippen LogP contribution in [0.3, 0.4) is 0 Å². The predicted molar refractivity (Wildman–Crippen MR) is 66.9 cm³/mol. The van der Waals surface area contributed by atoms with Gasteiger partial charge in [-0.05, 0) is 27.2 Å². The van der Waals surface area contributed by atoms with E-state index in [-0.39, 0.29) is 0 Å². The van der Waals surface area contributed by atoms with Crippen molar-refractivity contribution in [3.05, 3.63) is 16.1 Å². The Morgan fingerprint density at radius 1 is 1.56 bits per heavy atom. The monoisotopic (exact) mass is 243 g/mol. The molecule has 3 nitrogen and oxygen atoms in total. The number of hydrogen-bond donors (Lipinski definition) is 1. The molecule has 0 bridgehead atoms. The zero-order valence-electron chi connectivity index (χ0n) is 10.5. The second-order valence-electron chi connectivity index (χ2n) is 4.18. The second kappa shape index (κ2) is 5.75. The van der Waals surface area contributed by atoms with Crippen molar-refractivity contribution in [3.63, 3.8) is 0 Å². The largest absolute Gasteiger partial charge is 0.390 e. The van der Waals surface area contributed by atoms with Crippen LogP contribution in [0.1, 0.15) is 37.9 Å². The van der Waals surface area contributed by atoms with Crippen molar-refractivity contribution in [3.8, 4) is 0 Å². The molecule has 1 aromatic rings.